The molecule has 0 amide bonds. The first-order valence-corrected chi connectivity index (χ1v) is 19.3. The molecule has 0 spiro atoms. The van der Waals surface area contributed by atoms with E-state index in [1.54, 1.807) is 14.2 Å². The van der Waals surface area contributed by atoms with E-state index in [4.69, 9.17) is 45.7 Å². The van der Waals surface area contributed by atoms with E-state index in [0.717, 1.165) is 95.1 Å². The summed E-state index contributed by atoms with van der Waals surface area (Å²) in [5.74, 6) is 2.13. The molecule has 0 atom stereocenters. The summed E-state index contributed by atoms with van der Waals surface area (Å²) in [6.45, 7) is 19.2. The van der Waals surface area contributed by atoms with Crippen LogP contribution in [0.1, 0.15) is 35.4 Å². The molecule has 1 saturated carbocycles. The van der Waals surface area contributed by atoms with Crippen LogP contribution in [0, 0.1) is 27.0 Å². The van der Waals surface area contributed by atoms with Crippen LogP contribution in [0.3, 0.4) is 0 Å². The Labute approximate surface area is 343 Å². The minimum Gasteiger partial charge on any atom is -0.497 e. The molecule has 0 aliphatic heterocycles. The maximum absolute atomic E-state index is 7.73. The van der Waals surface area contributed by atoms with Crippen LogP contribution in [-0.4, -0.2) is 23.4 Å². The fraction of sp³-hybridized carbons (Fsp3) is 0.143. The smallest absolute Gasteiger partial charge is 0.206 e. The van der Waals surface area contributed by atoms with E-state index in [2.05, 4.69) is 68.5 Å². The molecule has 0 unspecified atom stereocenters. The quantitative estimate of drug-likeness (QED) is 0.124. The van der Waals surface area contributed by atoms with Crippen LogP contribution >= 0.6 is 11.6 Å². The van der Waals surface area contributed by atoms with Crippen LogP contribution in [0.4, 0.5) is 22.7 Å². The van der Waals surface area contributed by atoms with Crippen LogP contribution in [0.25, 0.3) is 65.1 Å². The molecule has 1 aliphatic rings. The lowest BCUT2D eigenvalue weighted by atomic mass is 9.97. The number of hydrogen-bond donors (Lipinski definition) is 2. The largest absolute Gasteiger partial charge is 0.497 e. The summed E-state index contributed by atoms with van der Waals surface area (Å²) in [5.41, 5.74) is 26.6. The molecule has 0 bridgehead atoms. The van der Waals surface area contributed by atoms with Gasteiger partial charge in [0, 0.05) is 51.3 Å². The van der Waals surface area contributed by atoms with Crippen molar-refractivity contribution in [1.29, 1.82) is 0 Å². The van der Waals surface area contributed by atoms with Crippen molar-refractivity contribution < 1.29 is 9.47 Å². The van der Waals surface area contributed by atoms with Gasteiger partial charge in [0.2, 0.25) is 5.69 Å². The van der Waals surface area contributed by atoms with Crippen molar-refractivity contribution in [2.45, 2.75) is 32.6 Å². The number of rotatable bonds is 7. The summed E-state index contributed by atoms with van der Waals surface area (Å²) >= 11 is 6.36. The fourth-order valence-electron chi connectivity index (χ4n) is 7.65. The number of fused-ring (bicyclic) bond motifs is 2. The highest BCUT2D eigenvalue weighted by Gasteiger charge is 2.28. The predicted molar refractivity (Wildman–Crippen MR) is 238 cm³/mol. The van der Waals surface area contributed by atoms with Crippen molar-refractivity contribution in [1.82, 2.24) is 9.13 Å². The first kappa shape index (κ1) is 37.8. The Hall–Kier alpha value is -7.13. The van der Waals surface area contributed by atoms with Crippen LogP contribution in [-0.2, 0) is 0 Å². The Morgan fingerprint density at radius 1 is 0.603 bits per heavy atom. The van der Waals surface area contributed by atoms with Gasteiger partial charge >= 0.3 is 0 Å². The molecule has 8 aromatic rings. The number of nitrogen functional groups attached to an aromatic ring is 2. The molecule has 1 aliphatic carbocycles. The molecule has 286 valence electrons. The van der Waals surface area contributed by atoms with E-state index in [-0.39, 0.29) is 0 Å². The Morgan fingerprint density at radius 3 is 1.48 bits per heavy atom. The molecule has 0 radical (unpaired) electrons. The second-order valence-corrected chi connectivity index (χ2v) is 14.9. The first-order valence-electron chi connectivity index (χ1n) is 18.9. The summed E-state index contributed by atoms with van der Waals surface area (Å²) in [5, 5.41) is 2.47. The number of methoxy groups -OCH3 is 2. The molecule has 4 N–H and O–H groups in total. The molecule has 2 aromatic heterocycles. The summed E-state index contributed by atoms with van der Waals surface area (Å²) < 4.78 is 14.9. The molecule has 0 saturated heterocycles. The van der Waals surface area contributed by atoms with E-state index in [1.165, 1.54) is 18.4 Å². The van der Waals surface area contributed by atoms with Gasteiger partial charge in [0.1, 0.15) is 11.5 Å². The number of nitrogens with two attached hydrogens (primary N) is 2. The SMILES string of the molecule is [C-]#[N+]c1cc2c(-c3cccc(N)c3C)cn(-c3ccc(OC)cc3)c2cc1C1CC1.[C-]#[N+]c1cc2c(-c3cccc(N)c3C)cn(-c3ccc(OC)cc3)c2cc1Cl. The average Bonchev–Trinajstić information content (AvgIpc) is 3.95. The second-order valence-electron chi connectivity index (χ2n) is 14.5. The van der Waals surface area contributed by atoms with E-state index in [0.29, 0.717) is 16.6 Å². The van der Waals surface area contributed by atoms with Gasteiger partial charge in [0.05, 0.1) is 38.4 Å². The summed E-state index contributed by atoms with van der Waals surface area (Å²) in [7, 11) is 3.32. The zero-order valence-electron chi connectivity index (χ0n) is 32.7. The molecule has 2 heterocycles. The normalized spacial score (nSPS) is 12.1. The number of anilines is 2. The Bertz CT molecular complexity index is 2940. The molecule has 58 heavy (non-hydrogen) atoms. The standard InChI is InChI=1S/C26H23N3O.C23H18ClN3O/c1-16-20(5-4-6-24(16)27)23-15-29(18-9-11-19(30-3)12-10-18)26-14-21(17-7-8-17)25(28-2)13-22(23)26;1-14-17(5-4-6-21(14)25)19-13-27(15-7-9-16(28-3)10-8-15)23-12-20(24)22(26-2)11-18(19)23/h4-6,9-15,17H,7-8,27H2,1,3H3;4-13H,25H2,1,3H3. The highest BCUT2D eigenvalue weighted by Crippen LogP contribution is 2.48. The Kier molecular flexibility index (Phi) is 10.0. The Morgan fingerprint density at radius 2 is 1.05 bits per heavy atom. The van der Waals surface area contributed by atoms with Gasteiger partial charge in [-0.2, -0.15) is 0 Å². The van der Waals surface area contributed by atoms with Crippen LogP contribution in [0.2, 0.25) is 5.02 Å². The van der Waals surface area contributed by atoms with Gasteiger partial charge < -0.3 is 30.1 Å². The first-order chi connectivity index (χ1) is 28.1. The van der Waals surface area contributed by atoms with Gasteiger partial charge in [0.25, 0.3) is 0 Å². The minimum atomic E-state index is 0.435. The van der Waals surface area contributed by atoms with E-state index < -0.39 is 0 Å². The third kappa shape index (κ3) is 6.85. The maximum Gasteiger partial charge on any atom is 0.206 e. The number of aromatic nitrogens is 2. The number of ether oxygens (including phenoxy) is 2. The van der Waals surface area contributed by atoms with E-state index in [1.807, 2.05) is 85.8 Å². The lowest BCUT2D eigenvalue weighted by molar-refractivity contribution is 0.414. The van der Waals surface area contributed by atoms with Crippen LogP contribution in [0.15, 0.2) is 122 Å². The lowest BCUT2D eigenvalue weighted by Crippen LogP contribution is -1.93. The molecule has 8 nitrogen and oxygen atoms in total. The molecule has 9 heteroatoms. The topological polar surface area (TPSA) is 89.1 Å². The van der Waals surface area contributed by atoms with Crippen molar-refractivity contribution >= 4 is 56.2 Å². The predicted octanol–water partition coefficient (Wildman–Crippen LogP) is 13.0. The molecule has 6 aromatic carbocycles. The van der Waals surface area contributed by atoms with Crippen molar-refractivity contribution in [3.63, 3.8) is 0 Å². The van der Waals surface area contributed by atoms with Gasteiger partial charge in [-0.05, 0) is 156 Å². The van der Waals surface area contributed by atoms with Gasteiger partial charge in [0.15, 0.2) is 5.69 Å². The van der Waals surface area contributed by atoms with Crippen LogP contribution < -0.4 is 20.9 Å². The molecular weight excluding hydrogens is 740 g/mol. The van der Waals surface area contributed by atoms with Crippen molar-refractivity contribution in [2.24, 2.45) is 0 Å². The minimum absolute atomic E-state index is 0.435. The van der Waals surface area contributed by atoms with Crippen LogP contribution in [0.5, 0.6) is 11.5 Å². The summed E-state index contributed by atoms with van der Waals surface area (Å²) in [6, 6.07) is 35.8. The molecule has 9 rings (SSSR count). The second kappa shape index (κ2) is 15.4. The van der Waals surface area contributed by atoms with Gasteiger partial charge in [-0.1, -0.05) is 35.9 Å². The van der Waals surface area contributed by atoms with Gasteiger partial charge in [-0.15, -0.1) is 0 Å². The number of benzene rings is 6. The third-order valence-electron chi connectivity index (χ3n) is 11.1. The van der Waals surface area contributed by atoms with Crippen molar-refractivity contribution in [3.05, 3.63) is 166 Å². The van der Waals surface area contributed by atoms with E-state index >= 15 is 0 Å². The average molecular weight is 781 g/mol. The molecule has 1 fully saturated rings. The zero-order valence-corrected chi connectivity index (χ0v) is 33.4. The lowest BCUT2D eigenvalue weighted by Gasteiger charge is -2.09. The summed E-state index contributed by atoms with van der Waals surface area (Å²) in [4.78, 5) is 7.43. The van der Waals surface area contributed by atoms with E-state index in [9.17, 15) is 0 Å². The van der Waals surface area contributed by atoms with Gasteiger partial charge in [-0.3, -0.25) is 0 Å². The monoisotopic (exact) mass is 780 g/mol. The molecular formula is C49H41ClN6O2. The third-order valence-corrected chi connectivity index (χ3v) is 11.4. The number of hydrogen-bond acceptors (Lipinski definition) is 4. The van der Waals surface area contributed by atoms with Crippen molar-refractivity contribution in [3.8, 4) is 45.1 Å². The maximum atomic E-state index is 7.73. The zero-order chi connectivity index (χ0) is 40.7. The van der Waals surface area contributed by atoms with Crippen molar-refractivity contribution in [2.75, 3.05) is 25.7 Å². The highest BCUT2D eigenvalue weighted by molar-refractivity contribution is 6.34. The summed E-state index contributed by atoms with van der Waals surface area (Å²) in [6.07, 6.45) is 6.56. The number of nitrogens with zero attached hydrogens (tertiary/aromatic N) is 4. The highest BCUT2D eigenvalue weighted by atomic mass is 35.5. The Balaban J connectivity index is 0.000000162. The number of halogens is 1. The fourth-order valence-corrected chi connectivity index (χ4v) is 7.85. The van der Waals surface area contributed by atoms with Gasteiger partial charge in [-0.25, -0.2) is 9.69 Å².